The molecule has 0 aliphatic heterocycles. The van der Waals surface area contributed by atoms with Crippen LogP contribution in [0, 0.1) is 12.7 Å². The molecule has 3 rings (SSSR count). The third kappa shape index (κ3) is 5.07. The Bertz CT molecular complexity index is 957. The minimum atomic E-state index is -1.41. The zero-order valence-corrected chi connectivity index (χ0v) is 15.9. The van der Waals surface area contributed by atoms with Crippen LogP contribution in [0.5, 0.6) is 11.6 Å². The Labute approximate surface area is 163 Å². The van der Waals surface area contributed by atoms with Crippen LogP contribution in [0.25, 0.3) is 0 Å². The van der Waals surface area contributed by atoms with E-state index in [4.69, 9.17) is 9.84 Å². The van der Waals surface area contributed by atoms with Gasteiger partial charge >= 0.3 is 6.16 Å². The Morgan fingerprint density at radius 3 is 2.67 bits per heavy atom. The molecule has 1 aromatic heterocycles. The van der Waals surface area contributed by atoms with Crippen molar-refractivity contribution in [1.29, 1.82) is 0 Å². The molecule has 8 heteroatoms. The lowest BCUT2D eigenvalue weighted by atomic mass is 10.2. The second kappa shape index (κ2) is 8.22. The quantitative estimate of drug-likeness (QED) is 0.565. The van der Waals surface area contributed by atoms with Crippen LogP contribution in [0.15, 0.2) is 53.0 Å². The van der Waals surface area contributed by atoms with Gasteiger partial charge in [0.05, 0.1) is 6.54 Å². The molecule has 0 saturated carbocycles. The molecule has 0 fully saturated rings. The predicted molar refractivity (Wildman–Crippen MR) is 99.6 cm³/mol. The first-order valence-electron chi connectivity index (χ1n) is 8.01. The molecular formula is C19H16BrFN2O4. The fourth-order valence-electron chi connectivity index (χ4n) is 2.49. The Kier molecular flexibility index (Phi) is 5.75. The van der Waals surface area contributed by atoms with Gasteiger partial charge in [-0.15, -0.1) is 5.10 Å². The van der Waals surface area contributed by atoms with Gasteiger partial charge in [0, 0.05) is 21.8 Å². The fourth-order valence-corrected chi connectivity index (χ4v) is 2.90. The molecule has 0 aliphatic carbocycles. The molecule has 1 N–H and O–H groups in total. The third-order valence-electron chi connectivity index (χ3n) is 3.80. The van der Waals surface area contributed by atoms with E-state index in [9.17, 15) is 9.18 Å². The summed E-state index contributed by atoms with van der Waals surface area (Å²) in [6.07, 6.45) is -1.41. The first kappa shape index (κ1) is 18.9. The van der Waals surface area contributed by atoms with Gasteiger partial charge in [-0.05, 0) is 42.8 Å². The van der Waals surface area contributed by atoms with Crippen LogP contribution in [0.4, 0.5) is 9.18 Å². The Morgan fingerprint density at radius 2 is 1.96 bits per heavy atom. The van der Waals surface area contributed by atoms with Gasteiger partial charge in [0.2, 0.25) is 5.88 Å². The van der Waals surface area contributed by atoms with Gasteiger partial charge in [0.25, 0.3) is 0 Å². The minimum absolute atomic E-state index is 0.0174. The van der Waals surface area contributed by atoms with Crippen molar-refractivity contribution in [3.8, 4) is 11.6 Å². The topological polar surface area (TPSA) is 73.6 Å². The van der Waals surface area contributed by atoms with Crippen molar-refractivity contribution in [2.24, 2.45) is 0 Å². The van der Waals surface area contributed by atoms with Crippen molar-refractivity contribution in [2.45, 2.75) is 20.1 Å². The molecule has 1 heterocycles. The molecule has 6 nitrogen and oxygen atoms in total. The number of hydrogen-bond acceptors (Lipinski definition) is 4. The van der Waals surface area contributed by atoms with Crippen LogP contribution in [0.3, 0.4) is 0 Å². The standard InChI is InChI=1S/C19H16BrFN2O4/c1-12-8-18(27-19(24)25)22-23(12)10-14-9-15(20)4-7-17(14)26-11-13-2-5-16(21)6-3-13/h2-9H,10-11H2,1H3,(H,24,25). The van der Waals surface area contributed by atoms with Crippen molar-refractivity contribution in [3.05, 3.63) is 75.6 Å². The highest BCUT2D eigenvalue weighted by atomic mass is 79.9. The van der Waals surface area contributed by atoms with Gasteiger partial charge in [0.1, 0.15) is 18.2 Å². The van der Waals surface area contributed by atoms with E-state index in [-0.39, 0.29) is 11.7 Å². The number of rotatable bonds is 6. The predicted octanol–water partition coefficient (Wildman–Crippen LogP) is 4.78. The van der Waals surface area contributed by atoms with Gasteiger partial charge in [-0.3, -0.25) is 4.68 Å². The molecule has 0 saturated heterocycles. The van der Waals surface area contributed by atoms with Gasteiger partial charge < -0.3 is 14.6 Å². The highest BCUT2D eigenvalue weighted by Gasteiger charge is 2.12. The molecule has 140 valence electrons. The Balaban J connectivity index is 1.78. The molecule has 0 amide bonds. The van der Waals surface area contributed by atoms with Gasteiger partial charge in [-0.1, -0.05) is 28.1 Å². The number of carboxylic acid groups (broad SMARTS) is 1. The monoisotopic (exact) mass is 434 g/mol. The van der Waals surface area contributed by atoms with E-state index < -0.39 is 6.16 Å². The number of nitrogens with zero attached hydrogens (tertiary/aromatic N) is 2. The van der Waals surface area contributed by atoms with Crippen LogP contribution in [0.1, 0.15) is 16.8 Å². The van der Waals surface area contributed by atoms with Crippen molar-refractivity contribution >= 4 is 22.1 Å². The number of halogens is 2. The van der Waals surface area contributed by atoms with Crippen molar-refractivity contribution < 1.29 is 23.8 Å². The second-order valence-corrected chi connectivity index (χ2v) is 6.73. The lowest BCUT2D eigenvalue weighted by Gasteiger charge is -2.13. The van der Waals surface area contributed by atoms with E-state index in [0.717, 1.165) is 21.3 Å². The number of carbonyl (C=O) groups is 1. The summed E-state index contributed by atoms with van der Waals surface area (Å²) >= 11 is 3.44. The number of aromatic nitrogens is 2. The summed E-state index contributed by atoms with van der Waals surface area (Å²) < 4.78 is 26.0. The molecule has 0 spiro atoms. The van der Waals surface area contributed by atoms with Crippen molar-refractivity contribution in [3.63, 3.8) is 0 Å². The molecular weight excluding hydrogens is 419 g/mol. The average Bonchev–Trinajstić information content (AvgIpc) is 2.94. The lowest BCUT2D eigenvalue weighted by Crippen LogP contribution is -2.08. The summed E-state index contributed by atoms with van der Waals surface area (Å²) in [6, 6.07) is 13.2. The minimum Gasteiger partial charge on any atom is -0.489 e. The first-order valence-corrected chi connectivity index (χ1v) is 8.81. The smallest absolute Gasteiger partial charge is 0.489 e. The zero-order chi connectivity index (χ0) is 19.4. The van der Waals surface area contributed by atoms with Gasteiger partial charge in [-0.25, -0.2) is 9.18 Å². The second-order valence-electron chi connectivity index (χ2n) is 5.82. The maximum atomic E-state index is 13.0. The lowest BCUT2D eigenvalue weighted by molar-refractivity contribution is 0.142. The maximum absolute atomic E-state index is 13.0. The molecule has 27 heavy (non-hydrogen) atoms. The molecule has 0 unspecified atom stereocenters. The first-order chi connectivity index (χ1) is 12.9. The van der Waals surface area contributed by atoms with Crippen molar-refractivity contribution in [1.82, 2.24) is 9.78 Å². The largest absolute Gasteiger partial charge is 0.512 e. The molecule has 0 atom stereocenters. The summed E-state index contributed by atoms with van der Waals surface area (Å²) in [5.41, 5.74) is 2.44. The Hall–Kier alpha value is -2.87. The summed E-state index contributed by atoms with van der Waals surface area (Å²) in [4.78, 5) is 10.7. The van der Waals surface area contributed by atoms with Crippen molar-refractivity contribution in [2.75, 3.05) is 0 Å². The summed E-state index contributed by atoms with van der Waals surface area (Å²) in [5, 5.41) is 12.9. The van der Waals surface area contributed by atoms with Crippen LogP contribution in [-0.2, 0) is 13.2 Å². The highest BCUT2D eigenvalue weighted by molar-refractivity contribution is 9.10. The van der Waals surface area contributed by atoms with Crippen LogP contribution >= 0.6 is 15.9 Å². The normalized spacial score (nSPS) is 10.6. The van der Waals surface area contributed by atoms with Gasteiger partial charge in [0.15, 0.2) is 0 Å². The molecule has 0 radical (unpaired) electrons. The number of benzene rings is 2. The Morgan fingerprint density at radius 1 is 1.22 bits per heavy atom. The molecule has 3 aromatic rings. The van der Waals surface area contributed by atoms with Crippen LogP contribution in [-0.4, -0.2) is 21.0 Å². The van der Waals surface area contributed by atoms with Crippen LogP contribution < -0.4 is 9.47 Å². The zero-order valence-electron chi connectivity index (χ0n) is 14.4. The molecule has 2 aromatic carbocycles. The molecule has 0 aliphatic rings. The van der Waals surface area contributed by atoms with Crippen LogP contribution in [0.2, 0.25) is 0 Å². The fraction of sp³-hybridized carbons (Fsp3) is 0.158. The summed E-state index contributed by atoms with van der Waals surface area (Å²) in [6.45, 7) is 2.46. The summed E-state index contributed by atoms with van der Waals surface area (Å²) in [5.74, 6) is 0.374. The summed E-state index contributed by atoms with van der Waals surface area (Å²) in [7, 11) is 0. The van der Waals surface area contributed by atoms with E-state index in [0.29, 0.717) is 18.9 Å². The highest BCUT2D eigenvalue weighted by Crippen LogP contribution is 2.26. The number of ether oxygens (including phenoxy) is 2. The molecule has 0 bridgehead atoms. The average molecular weight is 435 g/mol. The number of aryl methyl sites for hydroxylation is 1. The van der Waals surface area contributed by atoms with E-state index in [1.54, 1.807) is 29.8 Å². The van der Waals surface area contributed by atoms with E-state index in [1.807, 2.05) is 18.2 Å². The van der Waals surface area contributed by atoms with E-state index in [2.05, 4.69) is 25.8 Å². The third-order valence-corrected chi connectivity index (χ3v) is 4.29. The van der Waals surface area contributed by atoms with E-state index in [1.165, 1.54) is 12.1 Å². The number of hydrogen-bond donors (Lipinski definition) is 1. The maximum Gasteiger partial charge on any atom is 0.512 e. The van der Waals surface area contributed by atoms with E-state index >= 15 is 0 Å². The SMILES string of the molecule is Cc1cc(OC(=O)O)nn1Cc1cc(Br)ccc1OCc1ccc(F)cc1. The van der Waals surface area contributed by atoms with Gasteiger partial charge in [-0.2, -0.15) is 0 Å².